The van der Waals surface area contributed by atoms with Crippen LogP contribution in [0, 0.1) is 13.8 Å². The number of anilines is 3. The Balaban J connectivity index is 1.32. The highest BCUT2D eigenvalue weighted by molar-refractivity contribution is 8.00. The number of hydrogen-bond donors (Lipinski definition) is 3. The van der Waals surface area contributed by atoms with Crippen molar-refractivity contribution < 1.29 is 4.79 Å². The van der Waals surface area contributed by atoms with E-state index in [0.29, 0.717) is 10.2 Å². The fraction of sp³-hybridized carbons (Fsp3) is 0.148. The lowest BCUT2D eigenvalue weighted by Gasteiger charge is -2.13. The van der Waals surface area contributed by atoms with Crippen molar-refractivity contribution in [1.29, 1.82) is 0 Å². The van der Waals surface area contributed by atoms with Gasteiger partial charge in [0.15, 0.2) is 10.2 Å². The van der Waals surface area contributed by atoms with Gasteiger partial charge >= 0.3 is 0 Å². The van der Waals surface area contributed by atoms with Crippen LogP contribution in [0.25, 0.3) is 11.3 Å². The molecule has 178 valence electrons. The number of nitrogens with one attached hydrogen (secondary N) is 3. The van der Waals surface area contributed by atoms with E-state index in [1.165, 1.54) is 34.2 Å². The number of aryl methyl sites for hydroxylation is 2. The Morgan fingerprint density at radius 2 is 1.57 bits per heavy atom. The van der Waals surface area contributed by atoms with Crippen LogP contribution in [-0.2, 0) is 4.79 Å². The molecular formula is C27H26N4OS3. The molecule has 0 aliphatic heterocycles. The minimum absolute atomic E-state index is 0.0882. The predicted molar refractivity (Wildman–Crippen MR) is 154 cm³/mol. The lowest BCUT2D eigenvalue weighted by atomic mass is 10.1. The van der Waals surface area contributed by atoms with E-state index in [-0.39, 0.29) is 11.2 Å². The molecule has 1 unspecified atom stereocenters. The Kier molecular flexibility index (Phi) is 8.17. The first-order valence-corrected chi connectivity index (χ1v) is 13.3. The van der Waals surface area contributed by atoms with Crippen LogP contribution in [0.15, 0.2) is 83.1 Å². The van der Waals surface area contributed by atoms with Crippen LogP contribution >= 0.6 is 35.3 Å². The Hall–Kier alpha value is -3.20. The van der Waals surface area contributed by atoms with Gasteiger partial charge in [-0.25, -0.2) is 4.98 Å². The first kappa shape index (κ1) is 24.9. The Morgan fingerprint density at radius 3 is 2.29 bits per heavy atom. The molecule has 0 aliphatic carbocycles. The van der Waals surface area contributed by atoms with E-state index in [2.05, 4.69) is 40.0 Å². The lowest BCUT2D eigenvalue weighted by Crippen LogP contribution is -2.22. The van der Waals surface area contributed by atoms with E-state index >= 15 is 0 Å². The topological polar surface area (TPSA) is 66.0 Å². The third-order valence-electron chi connectivity index (χ3n) is 5.17. The fourth-order valence-corrected chi connectivity index (χ4v) is 5.11. The number of aromatic nitrogens is 1. The summed E-state index contributed by atoms with van der Waals surface area (Å²) in [5, 5.41) is 12.1. The van der Waals surface area contributed by atoms with Crippen LogP contribution in [0.4, 0.5) is 16.5 Å². The monoisotopic (exact) mass is 518 g/mol. The quantitative estimate of drug-likeness (QED) is 0.175. The van der Waals surface area contributed by atoms with Crippen LogP contribution in [0.2, 0.25) is 0 Å². The predicted octanol–water partition coefficient (Wildman–Crippen LogP) is 7.36. The van der Waals surface area contributed by atoms with Gasteiger partial charge in [0.1, 0.15) is 0 Å². The average molecular weight is 519 g/mol. The first-order valence-electron chi connectivity index (χ1n) is 11.1. The van der Waals surface area contributed by atoms with Gasteiger partial charge < -0.3 is 16.0 Å². The molecule has 0 radical (unpaired) electrons. The number of nitrogens with zero attached hydrogens (tertiary/aromatic N) is 1. The van der Waals surface area contributed by atoms with E-state index in [1.54, 1.807) is 0 Å². The normalized spacial score (nSPS) is 11.5. The smallest absolute Gasteiger partial charge is 0.239 e. The molecule has 1 heterocycles. The number of rotatable bonds is 7. The molecule has 0 saturated heterocycles. The minimum atomic E-state index is -0.297. The fourth-order valence-electron chi connectivity index (χ4n) is 3.23. The van der Waals surface area contributed by atoms with Gasteiger partial charge in [-0.2, -0.15) is 0 Å². The number of amides is 1. The summed E-state index contributed by atoms with van der Waals surface area (Å²) in [6, 6.07) is 24.1. The zero-order valence-electron chi connectivity index (χ0n) is 19.7. The van der Waals surface area contributed by atoms with E-state index in [9.17, 15) is 4.79 Å². The number of carbonyl (C=O) groups is 1. The van der Waals surface area contributed by atoms with Crippen LogP contribution < -0.4 is 16.0 Å². The first-order chi connectivity index (χ1) is 16.9. The summed E-state index contributed by atoms with van der Waals surface area (Å²) in [5.41, 5.74) is 6.07. The molecule has 3 N–H and O–H groups in total. The molecule has 5 nitrogen and oxygen atoms in total. The number of carbonyl (C=O) groups excluding carboxylic acids is 1. The van der Waals surface area contributed by atoms with Gasteiger partial charge in [-0.15, -0.1) is 23.1 Å². The molecule has 35 heavy (non-hydrogen) atoms. The maximum Gasteiger partial charge on any atom is 0.239 e. The van der Waals surface area contributed by atoms with Gasteiger partial charge in [0.05, 0.1) is 10.9 Å². The second kappa shape index (κ2) is 11.5. The van der Waals surface area contributed by atoms with Crippen LogP contribution in [0.5, 0.6) is 0 Å². The maximum atomic E-state index is 12.8. The summed E-state index contributed by atoms with van der Waals surface area (Å²) in [7, 11) is 0. The molecule has 0 aliphatic rings. The van der Waals surface area contributed by atoms with Crippen LogP contribution in [-0.4, -0.2) is 21.3 Å². The zero-order valence-corrected chi connectivity index (χ0v) is 22.1. The van der Waals surface area contributed by atoms with Gasteiger partial charge in [-0.1, -0.05) is 53.6 Å². The molecule has 8 heteroatoms. The van der Waals surface area contributed by atoms with Crippen molar-refractivity contribution in [2.45, 2.75) is 30.9 Å². The van der Waals surface area contributed by atoms with Crippen molar-refractivity contribution >= 4 is 62.8 Å². The van der Waals surface area contributed by atoms with Crippen molar-refractivity contribution in [2.75, 3.05) is 16.0 Å². The molecule has 1 atom stereocenters. The second-order valence-electron chi connectivity index (χ2n) is 8.13. The summed E-state index contributed by atoms with van der Waals surface area (Å²) in [6.07, 6.45) is 0. The van der Waals surface area contributed by atoms with Crippen molar-refractivity contribution in [2.24, 2.45) is 0 Å². The highest BCUT2D eigenvalue weighted by Crippen LogP contribution is 2.29. The second-order valence-corrected chi connectivity index (χ2v) is 10.8. The molecule has 1 aromatic heterocycles. The van der Waals surface area contributed by atoms with Gasteiger partial charge in [-0.3, -0.25) is 4.79 Å². The van der Waals surface area contributed by atoms with Gasteiger partial charge in [0, 0.05) is 27.2 Å². The Labute approximate surface area is 219 Å². The number of thiocarbonyl (C=S) groups is 1. The summed E-state index contributed by atoms with van der Waals surface area (Å²) >= 11 is 8.35. The van der Waals surface area contributed by atoms with Gasteiger partial charge in [-0.05, 0) is 63.3 Å². The van der Waals surface area contributed by atoms with Crippen LogP contribution in [0.3, 0.4) is 0 Å². The van der Waals surface area contributed by atoms with Crippen molar-refractivity contribution in [1.82, 2.24) is 4.98 Å². The standard InChI is InChI=1S/C27H26N4OS3/c1-17-7-11-20(12-8-17)24-16-34-27(30-24)31-25(32)19(3)35-23-6-4-5-22(15-23)29-26(33)28-21-13-9-18(2)10-14-21/h4-16,19H,1-3H3,(H2,28,29,33)(H,30,31,32). The molecule has 0 bridgehead atoms. The van der Waals surface area contributed by atoms with E-state index in [4.69, 9.17) is 12.2 Å². The van der Waals surface area contributed by atoms with Crippen molar-refractivity contribution in [3.63, 3.8) is 0 Å². The summed E-state index contributed by atoms with van der Waals surface area (Å²) in [4.78, 5) is 18.3. The zero-order chi connectivity index (χ0) is 24.8. The van der Waals surface area contributed by atoms with Gasteiger partial charge in [0.2, 0.25) is 5.91 Å². The Morgan fingerprint density at radius 1 is 0.914 bits per heavy atom. The van der Waals surface area contributed by atoms with Crippen LogP contribution in [0.1, 0.15) is 18.1 Å². The maximum absolute atomic E-state index is 12.8. The number of hydrogen-bond acceptors (Lipinski definition) is 5. The molecule has 0 spiro atoms. The summed E-state index contributed by atoms with van der Waals surface area (Å²) < 4.78 is 0. The average Bonchev–Trinajstić information content (AvgIpc) is 3.29. The molecule has 0 fully saturated rings. The third kappa shape index (κ3) is 7.14. The van der Waals surface area contributed by atoms with Crippen molar-refractivity contribution in [3.05, 3.63) is 89.3 Å². The van der Waals surface area contributed by atoms with Crippen molar-refractivity contribution in [3.8, 4) is 11.3 Å². The molecule has 4 rings (SSSR count). The molecule has 4 aromatic rings. The number of benzene rings is 3. The highest BCUT2D eigenvalue weighted by Gasteiger charge is 2.17. The largest absolute Gasteiger partial charge is 0.332 e. The Bertz CT molecular complexity index is 1320. The summed E-state index contributed by atoms with van der Waals surface area (Å²) in [5.74, 6) is -0.0882. The number of thioether (sulfide) groups is 1. The van der Waals surface area contributed by atoms with E-state index in [1.807, 2.05) is 79.9 Å². The van der Waals surface area contributed by atoms with E-state index < -0.39 is 0 Å². The van der Waals surface area contributed by atoms with Gasteiger partial charge in [0.25, 0.3) is 0 Å². The number of thiazole rings is 1. The molecule has 0 saturated carbocycles. The third-order valence-corrected chi connectivity index (χ3v) is 7.22. The molecule has 1 amide bonds. The highest BCUT2D eigenvalue weighted by atomic mass is 32.2. The SMILES string of the molecule is Cc1ccc(NC(=S)Nc2cccc(SC(C)C(=O)Nc3nc(-c4ccc(C)cc4)cs3)c2)cc1. The molecular weight excluding hydrogens is 493 g/mol. The molecule has 3 aromatic carbocycles. The minimum Gasteiger partial charge on any atom is -0.332 e. The lowest BCUT2D eigenvalue weighted by molar-refractivity contribution is -0.115. The summed E-state index contributed by atoms with van der Waals surface area (Å²) in [6.45, 7) is 5.99. The van der Waals surface area contributed by atoms with E-state index in [0.717, 1.165) is 27.5 Å².